The van der Waals surface area contributed by atoms with Crippen molar-refractivity contribution >= 4 is 17.6 Å². The fourth-order valence-corrected chi connectivity index (χ4v) is 1.34. The van der Waals surface area contributed by atoms with E-state index in [1.807, 2.05) is 19.4 Å². The van der Waals surface area contributed by atoms with E-state index in [1.165, 1.54) is 0 Å². The zero-order valence-electron chi connectivity index (χ0n) is 8.58. The predicted octanol–water partition coefficient (Wildman–Crippen LogP) is 0.465. The quantitative estimate of drug-likeness (QED) is 0.582. The van der Waals surface area contributed by atoms with Gasteiger partial charge in [-0.25, -0.2) is 5.84 Å². The molecule has 0 unspecified atom stereocenters. The summed E-state index contributed by atoms with van der Waals surface area (Å²) in [6.07, 6.45) is 0.183. The minimum absolute atomic E-state index is 0.183. The molecular weight excluding hydrogens is 220 g/mol. The molecule has 0 fully saturated rings. The van der Waals surface area contributed by atoms with Gasteiger partial charge in [-0.15, -0.1) is 0 Å². The van der Waals surface area contributed by atoms with Crippen molar-refractivity contribution in [1.29, 1.82) is 0 Å². The molecule has 0 amide bonds. The number of nitrogens with one attached hydrogen (secondary N) is 1. The van der Waals surface area contributed by atoms with E-state index in [1.54, 1.807) is 4.68 Å². The zero-order valence-corrected chi connectivity index (χ0v) is 9.34. The summed E-state index contributed by atoms with van der Waals surface area (Å²) < 4.78 is 1.66. The third-order valence-corrected chi connectivity index (χ3v) is 2.54. The van der Waals surface area contributed by atoms with E-state index in [4.69, 9.17) is 17.4 Å². The largest absolute Gasteiger partial charge is 0.356 e. The highest BCUT2D eigenvalue weighted by Crippen LogP contribution is 2.18. The predicted molar refractivity (Wildman–Crippen MR) is 54.7 cm³/mol. The Bertz CT molecular complexity index is 364. The molecule has 6 nitrogen and oxygen atoms in total. The van der Waals surface area contributed by atoms with E-state index < -0.39 is 5.97 Å². The number of rotatable bonds is 4. The van der Waals surface area contributed by atoms with E-state index in [2.05, 4.69) is 9.94 Å². The normalized spacial score (nSPS) is 10.4. The first kappa shape index (κ1) is 12.0. The van der Waals surface area contributed by atoms with Gasteiger partial charge in [-0.05, 0) is 13.8 Å². The summed E-state index contributed by atoms with van der Waals surface area (Å²) in [6.45, 7) is 4.07. The van der Waals surface area contributed by atoms with Crippen molar-refractivity contribution in [3.8, 4) is 0 Å². The molecular formula is C8H13ClN4O2. The number of halogens is 1. The van der Waals surface area contributed by atoms with E-state index in [9.17, 15) is 4.79 Å². The summed E-state index contributed by atoms with van der Waals surface area (Å²) in [5.74, 6) is 4.38. The van der Waals surface area contributed by atoms with E-state index in [0.717, 1.165) is 11.4 Å². The van der Waals surface area contributed by atoms with Crippen molar-refractivity contribution in [3.05, 3.63) is 16.4 Å². The molecule has 0 aromatic carbocycles. The Kier molecular flexibility index (Phi) is 4.07. The Labute approximate surface area is 92.3 Å². The maximum atomic E-state index is 11.0. The Morgan fingerprint density at radius 1 is 1.67 bits per heavy atom. The van der Waals surface area contributed by atoms with Crippen LogP contribution in [0.25, 0.3) is 0 Å². The van der Waals surface area contributed by atoms with Crippen LogP contribution in [0.3, 0.4) is 0 Å². The van der Waals surface area contributed by atoms with Crippen LogP contribution in [0, 0.1) is 13.8 Å². The van der Waals surface area contributed by atoms with Gasteiger partial charge < -0.3 is 4.84 Å². The number of carbonyl (C=O) groups is 1. The third-order valence-electron chi connectivity index (χ3n) is 1.99. The number of aryl methyl sites for hydroxylation is 2. The van der Waals surface area contributed by atoms with E-state index in [0.29, 0.717) is 11.6 Å². The van der Waals surface area contributed by atoms with Gasteiger partial charge in [0.1, 0.15) is 0 Å². The molecule has 0 aliphatic rings. The number of nitrogens with zero attached hydrogens (tertiary/aromatic N) is 2. The fourth-order valence-electron chi connectivity index (χ4n) is 1.21. The number of hydrogen-bond donors (Lipinski definition) is 2. The molecule has 1 aromatic heterocycles. The maximum absolute atomic E-state index is 11.0. The number of aromatic nitrogens is 2. The van der Waals surface area contributed by atoms with Crippen LogP contribution in [0.15, 0.2) is 0 Å². The summed E-state index contributed by atoms with van der Waals surface area (Å²) >= 11 is 5.94. The SMILES string of the molecule is Cc1nn(CCC(=O)ONN)c(C)c1Cl. The average molecular weight is 233 g/mol. The molecule has 15 heavy (non-hydrogen) atoms. The average Bonchev–Trinajstić information content (AvgIpc) is 2.43. The molecule has 0 aliphatic carbocycles. The van der Waals surface area contributed by atoms with Gasteiger partial charge in [0.05, 0.1) is 29.4 Å². The topological polar surface area (TPSA) is 82.2 Å². The Balaban J connectivity index is 2.58. The highest BCUT2D eigenvalue weighted by atomic mass is 35.5. The Morgan fingerprint density at radius 2 is 2.33 bits per heavy atom. The molecule has 84 valence electrons. The number of hydrogen-bond acceptors (Lipinski definition) is 5. The van der Waals surface area contributed by atoms with Crippen LogP contribution in [-0.2, 0) is 16.2 Å². The van der Waals surface area contributed by atoms with E-state index in [-0.39, 0.29) is 6.42 Å². The maximum Gasteiger partial charge on any atom is 0.328 e. The van der Waals surface area contributed by atoms with Crippen LogP contribution in [-0.4, -0.2) is 15.7 Å². The van der Waals surface area contributed by atoms with Crippen molar-refractivity contribution in [2.75, 3.05) is 0 Å². The minimum Gasteiger partial charge on any atom is -0.356 e. The molecule has 3 N–H and O–H groups in total. The smallest absolute Gasteiger partial charge is 0.328 e. The van der Waals surface area contributed by atoms with Crippen molar-refractivity contribution < 1.29 is 9.63 Å². The zero-order chi connectivity index (χ0) is 11.4. The van der Waals surface area contributed by atoms with Gasteiger partial charge in [0, 0.05) is 0 Å². The van der Waals surface area contributed by atoms with Gasteiger partial charge in [-0.2, -0.15) is 5.10 Å². The van der Waals surface area contributed by atoms with Crippen LogP contribution in [0.2, 0.25) is 5.02 Å². The molecule has 0 atom stereocenters. The van der Waals surface area contributed by atoms with E-state index >= 15 is 0 Å². The molecule has 0 bridgehead atoms. The number of nitrogens with two attached hydrogens (primary N) is 1. The first-order chi connectivity index (χ1) is 7.06. The van der Waals surface area contributed by atoms with Crippen molar-refractivity contribution in [2.45, 2.75) is 26.8 Å². The molecule has 0 aliphatic heterocycles. The lowest BCUT2D eigenvalue weighted by Gasteiger charge is -2.03. The van der Waals surface area contributed by atoms with Crippen LogP contribution in [0.1, 0.15) is 17.8 Å². The van der Waals surface area contributed by atoms with Gasteiger partial charge in [0.15, 0.2) is 0 Å². The second-order valence-corrected chi connectivity index (χ2v) is 3.43. The number of carbonyl (C=O) groups excluding carboxylic acids is 1. The molecule has 0 saturated heterocycles. The fraction of sp³-hybridized carbons (Fsp3) is 0.500. The Morgan fingerprint density at radius 3 is 2.80 bits per heavy atom. The summed E-state index contributed by atoms with van der Waals surface area (Å²) in [6, 6.07) is 0. The highest BCUT2D eigenvalue weighted by molar-refractivity contribution is 6.31. The second kappa shape index (κ2) is 5.11. The first-order valence-electron chi connectivity index (χ1n) is 4.41. The third kappa shape index (κ3) is 2.92. The van der Waals surface area contributed by atoms with Gasteiger partial charge in [0.2, 0.25) is 0 Å². The molecule has 0 spiro atoms. The number of hydrazine groups is 1. The van der Waals surface area contributed by atoms with Gasteiger partial charge in [0.25, 0.3) is 0 Å². The summed E-state index contributed by atoms with van der Waals surface area (Å²) in [5.41, 5.74) is 3.42. The molecule has 0 radical (unpaired) electrons. The lowest BCUT2D eigenvalue weighted by atomic mass is 10.4. The van der Waals surface area contributed by atoms with Crippen LogP contribution < -0.4 is 11.4 Å². The van der Waals surface area contributed by atoms with Crippen molar-refractivity contribution in [3.63, 3.8) is 0 Å². The van der Waals surface area contributed by atoms with Crippen molar-refractivity contribution in [2.24, 2.45) is 5.84 Å². The van der Waals surface area contributed by atoms with Crippen molar-refractivity contribution in [1.82, 2.24) is 15.4 Å². The van der Waals surface area contributed by atoms with Crippen LogP contribution >= 0.6 is 11.6 Å². The molecule has 1 heterocycles. The monoisotopic (exact) mass is 232 g/mol. The van der Waals surface area contributed by atoms with Gasteiger partial charge >= 0.3 is 5.97 Å². The van der Waals surface area contributed by atoms with Crippen LogP contribution in [0.5, 0.6) is 0 Å². The second-order valence-electron chi connectivity index (χ2n) is 3.05. The molecule has 0 saturated carbocycles. The van der Waals surface area contributed by atoms with Gasteiger partial charge in [-0.1, -0.05) is 17.2 Å². The Hall–Kier alpha value is -1.11. The first-order valence-corrected chi connectivity index (χ1v) is 4.78. The summed E-state index contributed by atoms with van der Waals surface area (Å²) in [7, 11) is 0. The lowest BCUT2D eigenvalue weighted by molar-refractivity contribution is -0.151. The standard InChI is InChI=1S/C8H13ClN4O2/c1-5-8(9)6(2)13(11-5)4-3-7(14)15-12-10/h12H,3-4,10H2,1-2H3. The van der Waals surface area contributed by atoms with Crippen LogP contribution in [0.4, 0.5) is 0 Å². The summed E-state index contributed by atoms with van der Waals surface area (Å²) in [5, 5.41) is 4.79. The highest BCUT2D eigenvalue weighted by Gasteiger charge is 2.10. The molecule has 7 heteroatoms. The minimum atomic E-state index is -0.443. The lowest BCUT2D eigenvalue weighted by Crippen LogP contribution is -2.26. The molecule has 1 rings (SSSR count). The summed E-state index contributed by atoms with van der Waals surface area (Å²) in [4.78, 5) is 15.3. The van der Waals surface area contributed by atoms with Gasteiger partial charge in [-0.3, -0.25) is 9.48 Å². The molecule has 1 aromatic rings.